The molecule has 0 aromatic rings. The van der Waals surface area contributed by atoms with Crippen LogP contribution in [0.3, 0.4) is 0 Å². The molecule has 0 aliphatic carbocycles. The van der Waals surface area contributed by atoms with E-state index in [2.05, 4.69) is 17.1 Å². The Morgan fingerprint density at radius 2 is 1.92 bits per heavy atom. The summed E-state index contributed by atoms with van der Waals surface area (Å²) in [4.78, 5) is 21.4. The van der Waals surface area contributed by atoms with E-state index in [1.54, 1.807) is 6.92 Å². The fourth-order valence-electron chi connectivity index (χ4n) is 0.725. The van der Waals surface area contributed by atoms with Gasteiger partial charge in [0.2, 0.25) is 11.8 Å². The number of rotatable bonds is 3. The molecule has 0 rings (SSSR count). The quantitative estimate of drug-likeness (QED) is 0.510. The van der Waals surface area contributed by atoms with Gasteiger partial charge in [0, 0.05) is 26.3 Å². The fraction of sp³-hybridized carbons (Fsp3) is 0.375. The Morgan fingerprint density at radius 3 is 2.23 bits per heavy atom. The van der Waals surface area contributed by atoms with E-state index in [4.69, 9.17) is 0 Å². The summed E-state index contributed by atoms with van der Waals surface area (Å²) in [5.41, 5.74) is 0.537. The summed E-state index contributed by atoms with van der Waals surface area (Å²) in [6, 6.07) is 0. The zero-order valence-electron chi connectivity index (χ0n) is 8.00. The lowest BCUT2D eigenvalue weighted by atomic mass is 10.5. The molecule has 0 aliphatic rings. The topological polar surface area (TPSA) is 61.8 Å². The molecule has 13 heavy (non-hydrogen) atoms. The Morgan fingerprint density at radius 1 is 1.38 bits per heavy atom. The molecule has 5 heteroatoms. The van der Waals surface area contributed by atoms with E-state index in [1.165, 1.54) is 20.0 Å². The second-order valence-corrected chi connectivity index (χ2v) is 2.50. The first-order valence-electron chi connectivity index (χ1n) is 3.69. The van der Waals surface area contributed by atoms with E-state index >= 15 is 0 Å². The first-order chi connectivity index (χ1) is 5.97. The maximum absolute atomic E-state index is 10.8. The Balaban J connectivity index is 4.41. The smallest absolute Gasteiger partial charge is 0.243 e. The van der Waals surface area contributed by atoms with Crippen molar-refractivity contribution in [3.63, 3.8) is 0 Å². The SMILES string of the molecule is C=NN(/C=C(\C)NC(C)=O)C(C)=O. The number of nitrogens with one attached hydrogen (secondary N) is 1. The highest BCUT2D eigenvalue weighted by molar-refractivity contribution is 5.76. The van der Waals surface area contributed by atoms with Crippen LogP contribution >= 0.6 is 0 Å². The molecule has 0 atom stereocenters. The van der Waals surface area contributed by atoms with Crippen LogP contribution in [0, 0.1) is 0 Å². The molecule has 0 heterocycles. The molecule has 0 aromatic carbocycles. The molecule has 2 amide bonds. The highest BCUT2D eigenvalue weighted by atomic mass is 16.2. The first kappa shape index (κ1) is 11.4. The number of carbonyl (C=O) groups excluding carboxylic acids is 2. The number of nitrogens with zero attached hydrogens (tertiary/aromatic N) is 2. The molecule has 72 valence electrons. The Hall–Kier alpha value is -1.65. The molecule has 0 aromatic heterocycles. The van der Waals surface area contributed by atoms with Gasteiger partial charge in [-0.2, -0.15) is 5.10 Å². The Kier molecular flexibility index (Phi) is 4.43. The molecular weight excluding hydrogens is 170 g/mol. The minimum absolute atomic E-state index is 0.193. The van der Waals surface area contributed by atoms with Gasteiger partial charge in [-0.05, 0) is 6.92 Å². The normalized spacial score (nSPS) is 10.5. The van der Waals surface area contributed by atoms with Crippen LogP contribution in [-0.4, -0.2) is 23.5 Å². The van der Waals surface area contributed by atoms with Gasteiger partial charge in [-0.15, -0.1) is 0 Å². The molecule has 0 radical (unpaired) electrons. The van der Waals surface area contributed by atoms with Crippen LogP contribution in [-0.2, 0) is 9.59 Å². The third kappa shape index (κ3) is 4.73. The minimum Gasteiger partial charge on any atom is -0.329 e. The van der Waals surface area contributed by atoms with Crippen molar-refractivity contribution in [2.24, 2.45) is 5.10 Å². The maximum Gasteiger partial charge on any atom is 0.243 e. The van der Waals surface area contributed by atoms with Crippen LogP contribution in [0.2, 0.25) is 0 Å². The minimum atomic E-state index is -0.264. The van der Waals surface area contributed by atoms with Crippen molar-refractivity contribution in [3.05, 3.63) is 11.9 Å². The zero-order valence-corrected chi connectivity index (χ0v) is 8.00. The van der Waals surface area contributed by atoms with E-state index in [-0.39, 0.29) is 11.8 Å². The molecule has 5 nitrogen and oxygen atoms in total. The highest BCUT2D eigenvalue weighted by Crippen LogP contribution is 1.95. The number of hydrogen-bond acceptors (Lipinski definition) is 3. The third-order valence-electron chi connectivity index (χ3n) is 1.16. The van der Waals surface area contributed by atoms with Crippen LogP contribution in [0.25, 0.3) is 0 Å². The first-order valence-corrected chi connectivity index (χ1v) is 3.69. The van der Waals surface area contributed by atoms with E-state index in [0.717, 1.165) is 5.01 Å². The van der Waals surface area contributed by atoms with E-state index in [0.29, 0.717) is 5.70 Å². The predicted molar refractivity (Wildman–Crippen MR) is 49.6 cm³/mol. The van der Waals surface area contributed by atoms with E-state index < -0.39 is 0 Å². The lowest BCUT2D eigenvalue weighted by Crippen LogP contribution is -2.22. The van der Waals surface area contributed by atoms with Crippen molar-refractivity contribution in [2.45, 2.75) is 20.8 Å². The van der Waals surface area contributed by atoms with Crippen molar-refractivity contribution in [3.8, 4) is 0 Å². The van der Waals surface area contributed by atoms with Gasteiger partial charge in [0.05, 0.1) is 6.20 Å². The number of hydrogen-bond donors (Lipinski definition) is 1. The van der Waals surface area contributed by atoms with Gasteiger partial charge >= 0.3 is 0 Å². The zero-order chi connectivity index (χ0) is 10.4. The largest absolute Gasteiger partial charge is 0.329 e. The second-order valence-electron chi connectivity index (χ2n) is 2.50. The van der Waals surface area contributed by atoms with Crippen LogP contribution in [0.4, 0.5) is 0 Å². The molecule has 0 saturated carbocycles. The van der Waals surface area contributed by atoms with Crippen molar-refractivity contribution in [1.82, 2.24) is 10.3 Å². The lowest BCUT2D eigenvalue weighted by Gasteiger charge is -2.10. The molecule has 0 spiro atoms. The number of carbonyl (C=O) groups is 2. The van der Waals surface area contributed by atoms with Gasteiger partial charge in [0.25, 0.3) is 0 Å². The second kappa shape index (κ2) is 5.08. The average Bonchev–Trinajstić information content (AvgIpc) is 1.98. The summed E-state index contributed by atoms with van der Waals surface area (Å²) in [6.07, 6.45) is 1.40. The van der Waals surface area contributed by atoms with Gasteiger partial charge in [0.1, 0.15) is 0 Å². The lowest BCUT2D eigenvalue weighted by molar-refractivity contribution is -0.126. The summed E-state index contributed by atoms with van der Waals surface area (Å²) < 4.78 is 0. The molecule has 0 unspecified atom stereocenters. The summed E-state index contributed by atoms with van der Waals surface area (Å²) in [6.45, 7) is 7.61. The van der Waals surface area contributed by atoms with Gasteiger partial charge in [0.15, 0.2) is 0 Å². The van der Waals surface area contributed by atoms with Crippen molar-refractivity contribution in [2.75, 3.05) is 0 Å². The Labute approximate surface area is 77.1 Å². The number of allylic oxidation sites excluding steroid dienone is 1. The predicted octanol–water partition coefficient (Wildman–Crippen LogP) is 0.448. The molecule has 0 aliphatic heterocycles. The van der Waals surface area contributed by atoms with Crippen LogP contribution in [0.1, 0.15) is 20.8 Å². The summed E-state index contributed by atoms with van der Waals surface area (Å²) in [5, 5.41) is 6.99. The summed E-state index contributed by atoms with van der Waals surface area (Å²) in [5.74, 6) is -0.457. The van der Waals surface area contributed by atoms with Crippen LogP contribution in [0.15, 0.2) is 17.0 Å². The molecule has 0 fully saturated rings. The van der Waals surface area contributed by atoms with E-state index in [9.17, 15) is 9.59 Å². The summed E-state index contributed by atoms with van der Waals surface area (Å²) in [7, 11) is 0. The monoisotopic (exact) mass is 183 g/mol. The van der Waals surface area contributed by atoms with E-state index in [1.807, 2.05) is 0 Å². The summed E-state index contributed by atoms with van der Waals surface area (Å²) >= 11 is 0. The third-order valence-corrected chi connectivity index (χ3v) is 1.16. The average molecular weight is 183 g/mol. The molecular formula is C8H13N3O2. The number of hydrazone groups is 1. The Bertz CT molecular complexity index is 258. The molecule has 0 saturated heterocycles. The number of amides is 2. The maximum atomic E-state index is 10.8. The van der Waals surface area contributed by atoms with Crippen molar-refractivity contribution < 1.29 is 9.59 Å². The van der Waals surface area contributed by atoms with Gasteiger partial charge in [-0.3, -0.25) is 9.59 Å². The highest BCUT2D eigenvalue weighted by Gasteiger charge is 2.02. The van der Waals surface area contributed by atoms with Gasteiger partial charge in [-0.1, -0.05) is 0 Å². The molecule has 1 N–H and O–H groups in total. The standard InChI is InChI=1S/C8H13N3O2/c1-6(10-7(2)12)5-11(9-4)8(3)13/h5H,4H2,1-3H3,(H,10,12)/b6-5+. The van der Waals surface area contributed by atoms with Crippen molar-refractivity contribution >= 4 is 18.5 Å². The molecule has 0 bridgehead atoms. The van der Waals surface area contributed by atoms with Crippen LogP contribution < -0.4 is 5.32 Å². The van der Waals surface area contributed by atoms with Gasteiger partial charge in [-0.25, -0.2) is 5.01 Å². The fourth-order valence-corrected chi connectivity index (χ4v) is 0.725. The van der Waals surface area contributed by atoms with Crippen molar-refractivity contribution in [1.29, 1.82) is 0 Å². The van der Waals surface area contributed by atoms with Gasteiger partial charge < -0.3 is 5.32 Å². The van der Waals surface area contributed by atoms with Crippen LogP contribution in [0.5, 0.6) is 0 Å².